The maximum absolute atomic E-state index is 12.0. The van der Waals surface area contributed by atoms with Crippen molar-refractivity contribution in [2.24, 2.45) is 0 Å². The fraction of sp³-hybridized carbons (Fsp3) is 0.500. The van der Waals surface area contributed by atoms with Crippen LogP contribution in [0.5, 0.6) is 11.5 Å². The average Bonchev–Trinajstić information content (AvgIpc) is 3.06. The van der Waals surface area contributed by atoms with E-state index in [1.165, 1.54) is 7.11 Å². The topological polar surface area (TPSA) is 86.9 Å². The lowest BCUT2D eigenvalue weighted by molar-refractivity contribution is -0.142. The lowest BCUT2D eigenvalue weighted by Gasteiger charge is -2.36. The molecule has 0 aliphatic carbocycles. The second-order valence-corrected chi connectivity index (χ2v) is 6.14. The highest BCUT2D eigenvalue weighted by molar-refractivity contribution is 5.70. The van der Waals surface area contributed by atoms with E-state index in [4.69, 9.17) is 18.6 Å². The molecule has 2 heterocycles. The van der Waals surface area contributed by atoms with E-state index in [0.29, 0.717) is 29.8 Å². The van der Waals surface area contributed by atoms with Crippen molar-refractivity contribution in [3.05, 3.63) is 35.0 Å². The van der Waals surface area contributed by atoms with Gasteiger partial charge in [-0.1, -0.05) is 0 Å². The largest absolute Gasteiger partial charge is 0.493 e. The quantitative estimate of drug-likeness (QED) is 0.723. The Balaban J connectivity index is 1.96. The molecule has 1 aliphatic heterocycles. The third kappa shape index (κ3) is 3.65. The van der Waals surface area contributed by atoms with Gasteiger partial charge in [-0.3, -0.25) is 9.69 Å². The molecular weight excluding hydrogens is 338 g/mol. The Morgan fingerprint density at radius 1 is 1.23 bits per heavy atom. The van der Waals surface area contributed by atoms with Crippen LogP contribution < -0.4 is 9.47 Å². The van der Waals surface area contributed by atoms with Gasteiger partial charge in [-0.15, -0.1) is 10.2 Å². The SMILES string of the molecule is COC(=O)C[C@H]1c2cc(OC)c(OC)cc2CCN1Cc1nnc(C)o1. The molecule has 0 saturated carbocycles. The third-order valence-electron chi connectivity index (χ3n) is 4.61. The zero-order valence-electron chi connectivity index (χ0n) is 15.4. The first-order valence-electron chi connectivity index (χ1n) is 8.40. The molecule has 0 N–H and O–H groups in total. The molecule has 0 saturated heterocycles. The lowest BCUT2D eigenvalue weighted by atomic mass is 9.90. The van der Waals surface area contributed by atoms with Crippen LogP contribution in [0, 0.1) is 6.92 Å². The van der Waals surface area contributed by atoms with Crippen LogP contribution in [-0.4, -0.2) is 48.9 Å². The molecule has 1 aliphatic rings. The molecule has 2 aromatic rings. The fourth-order valence-electron chi connectivity index (χ4n) is 3.32. The van der Waals surface area contributed by atoms with Gasteiger partial charge in [-0.2, -0.15) is 0 Å². The van der Waals surface area contributed by atoms with Crippen molar-refractivity contribution >= 4 is 5.97 Å². The second-order valence-electron chi connectivity index (χ2n) is 6.14. The second kappa shape index (κ2) is 7.74. The van der Waals surface area contributed by atoms with Crippen LogP contribution >= 0.6 is 0 Å². The number of carbonyl (C=O) groups is 1. The summed E-state index contributed by atoms with van der Waals surface area (Å²) in [7, 11) is 4.61. The number of carbonyl (C=O) groups excluding carboxylic acids is 1. The Kier molecular flexibility index (Phi) is 5.41. The molecule has 1 atom stereocenters. The number of fused-ring (bicyclic) bond motifs is 1. The molecule has 26 heavy (non-hydrogen) atoms. The number of nitrogens with zero attached hydrogens (tertiary/aromatic N) is 3. The van der Waals surface area contributed by atoms with Crippen LogP contribution in [0.3, 0.4) is 0 Å². The summed E-state index contributed by atoms with van der Waals surface area (Å²) >= 11 is 0. The summed E-state index contributed by atoms with van der Waals surface area (Å²) in [6.07, 6.45) is 1.05. The number of methoxy groups -OCH3 is 3. The van der Waals surface area contributed by atoms with Gasteiger partial charge in [0.1, 0.15) is 0 Å². The van der Waals surface area contributed by atoms with Gasteiger partial charge in [0.15, 0.2) is 11.5 Å². The molecule has 1 aromatic heterocycles. The summed E-state index contributed by atoms with van der Waals surface area (Å²) < 4.78 is 21.2. The number of hydrogen-bond acceptors (Lipinski definition) is 8. The van der Waals surface area contributed by atoms with E-state index in [0.717, 1.165) is 24.1 Å². The Bertz CT molecular complexity index is 789. The maximum atomic E-state index is 12.0. The van der Waals surface area contributed by atoms with E-state index >= 15 is 0 Å². The summed E-state index contributed by atoms with van der Waals surface area (Å²) in [6.45, 7) is 2.98. The summed E-state index contributed by atoms with van der Waals surface area (Å²) in [5.41, 5.74) is 2.16. The predicted molar refractivity (Wildman–Crippen MR) is 92.1 cm³/mol. The number of esters is 1. The fourth-order valence-corrected chi connectivity index (χ4v) is 3.32. The highest BCUT2D eigenvalue weighted by atomic mass is 16.5. The molecule has 0 spiro atoms. The minimum absolute atomic E-state index is 0.168. The zero-order chi connectivity index (χ0) is 18.7. The maximum Gasteiger partial charge on any atom is 0.307 e. The van der Waals surface area contributed by atoms with E-state index in [1.807, 2.05) is 12.1 Å². The van der Waals surface area contributed by atoms with Gasteiger partial charge in [0.25, 0.3) is 0 Å². The number of rotatable bonds is 6. The summed E-state index contributed by atoms with van der Waals surface area (Å²) in [6, 6.07) is 3.75. The van der Waals surface area contributed by atoms with Crippen molar-refractivity contribution in [1.82, 2.24) is 15.1 Å². The Hall–Kier alpha value is -2.61. The van der Waals surface area contributed by atoms with Crippen LogP contribution in [0.15, 0.2) is 16.5 Å². The first-order valence-corrected chi connectivity index (χ1v) is 8.40. The lowest BCUT2D eigenvalue weighted by Crippen LogP contribution is -2.36. The zero-order valence-corrected chi connectivity index (χ0v) is 15.4. The van der Waals surface area contributed by atoms with Crippen LogP contribution in [-0.2, 0) is 22.5 Å². The van der Waals surface area contributed by atoms with Gasteiger partial charge >= 0.3 is 5.97 Å². The van der Waals surface area contributed by atoms with Crippen LogP contribution in [0.2, 0.25) is 0 Å². The monoisotopic (exact) mass is 361 g/mol. The number of benzene rings is 1. The van der Waals surface area contributed by atoms with Gasteiger partial charge in [0.2, 0.25) is 11.8 Å². The minimum Gasteiger partial charge on any atom is -0.493 e. The van der Waals surface area contributed by atoms with Crippen molar-refractivity contribution in [2.75, 3.05) is 27.9 Å². The first-order chi connectivity index (χ1) is 12.5. The molecule has 8 nitrogen and oxygen atoms in total. The third-order valence-corrected chi connectivity index (χ3v) is 4.61. The van der Waals surface area contributed by atoms with Crippen LogP contribution in [0.1, 0.15) is 35.4 Å². The summed E-state index contributed by atoms with van der Waals surface area (Å²) in [5.74, 6) is 2.10. The molecule has 3 rings (SSSR count). The molecule has 0 unspecified atom stereocenters. The standard InChI is InChI=1S/C18H23N3O5/c1-11-19-20-17(26-11)10-21-6-5-12-7-15(23-2)16(24-3)8-13(12)14(21)9-18(22)25-4/h7-8,14H,5-6,9-10H2,1-4H3/t14-/m0/s1. The van der Waals surface area contributed by atoms with Gasteiger partial charge < -0.3 is 18.6 Å². The molecule has 1 aromatic carbocycles. The van der Waals surface area contributed by atoms with Gasteiger partial charge in [0.05, 0.1) is 34.3 Å². The molecular formula is C18H23N3O5. The molecule has 0 amide bonds. The van der Waals surface area contributed by atoms with E-state index in [9.17, 15) is 4.79 Å². The number of ether oxygens (including phenoxy) is 3. The Labute approximate surface area is 152 Å². The first kappa shape index (κ1) is 18.2. The van der Waals surface area contributed by atoms with E-state index < -0.39 is 0 Å². The Morgan fingerprint density at radius 3 is 2.58 bits per heavy atom. The Morgan fingerprint density at radius 2 is 1.96 bits per heavy atom. The minimum atomic E-state index is -0.274. The van der Waals surface area contributed by atoms with Crippen molar-refractivity contribution < 1.29 is 23.4 Å². The van der Waals surface area contributed by atoms with Crippen molar-refractivity contribution in [1.29, 1.82) is 0 Å². The highest BCUT2D eigenvalue weighted by Crippen LogP contribution is 2.40. The molecule has 8 heteroatoms. The molecule has 0 bridgehead atoms. The molecule has 0 radical (unpaired) electrons. The van der Waals surface area contributed by atoms with Crippen LogP contribution in [0.25, 0.3) is 0 Å². The van der Waals surface area contributed by atoms with Crippen LogP contribution in [0.4, 0.5) is 0 Å². The predicted octanol–water partition coefficient (Wildman–Crippen LogP) is 2.06. The van der Waals surface area contributed by atoms with Gasteiger partial charge in [-0.05, 0) is 29.7 Å². The van der Waals surface area contributed by atoms with Crippen molar-refractivity contribution in [3.8, 4) is 11.5 Å². The van der Waals surface area contributed by atoms with E-state index in [-0.39, 0.29) is 18.4 Å². The van der Waals surface area contributed by atoms with E-state index in [2.05, 4.69) is 15.1 Å². The molecule has 140 valence electrons. The normalized spacial score (nSPS) is 16.8. The van der Waals surface area contributed by atoms with Crippen molar-refractivity contribution in [3.63, 3.8) is 0 Å². The number of aryl methyl sites for hydroxylation is 1. The number of hydrogen-bond donors (Lipinski definition) is 0. The van der Waals surface area contributed by atoms with Gasteiger partial charge in [-0.25, -0.2) is 0 Å². The van der Waals surface area contributed by atoms with Crippen molar-refractivity contribution in [2.45, 2.75) is 32.4 Å². The van der Waals surface area contributed by atoms with E-state index in [1.54, 1.807) is 21.1 Å². The highest BCUT2D eigenvalue weighted by Gasteiger charge is 2.32. The average molecular weight is 361 g/mol. The summed E-state index contributed by atoms with van der Waals surface area (Å²) in [4.78, 5) is 14.2. The number of aromatic nitrogens is 2. The summed E-state index contributed by atoms with van der Waals surface area (Å²) in [5, 5.41) is 7.95. The van der Waals surface area contributed by atoms with Gasteiger partial charge in [0, 0.05) is 19.5 Å². The smallest absolute Gasteiger partial charge is 0.307 e. The molecule has 0 fully saturated rings.